The van der Waals surface area contributed by atoms with Crippen molar-refractivity contribution in [3.8, 4) is 11.6 Å². The first-order chi connectivity index (χ1) is 19.1. The number of hydrogen-bond acceptors (Lipinski definition) is 7. The van der Waals surface area contributed by atoms with Crippen LogP contribution in [0.25, 0.3) is 11.0 Å². The highest BCUT2D eigenvalue weighted by molar-refractivity contribution is 5.96. The predicted octanol–water partition coefficient (Wildman–Crippen LogP) is 4.70. The summed E-state index contributed by atoms with van der Waals surface area (Å²) >= 11 is 0. The molecule has 0 aliphatic carbocycles. The highest BCUT2D eigenvalue weighted by Crippen LogP contribution is 2.33. The van der Waals surface area contributed by atoms with Crippen molar-refractivity contribution in [3.05, 3.63) is 101 Å². The zero-order valence-electron chi connectivity index (χ0n) is 21.1. The van der Waals surface area contributed by atoms with Crippen molar-refractivity contribution in [3.63, 3.8) is 0 Å². The maximum absolute atomic E-state index is 14.2. The number of anilines is 2. The van der Waals surface area contributed by atoms with E-state index in [1.165, 1.54) is 31.0 Å². The Hall–Kier alpha value is -4.99. The summed E-state index contributed by atoms with van der Waals surface area (Å²) in [5, 5.41) is 2.86. The van der Waals surface area contributed by atoms with E-state index in [1.54, 1.807) is 6.07 Å². The number of benzene rings is 3. The Balaban J connectivity index is 1.26. The van der Waals surface area contributed by atoms with E-state index >= 15 is 0 Å². The van der Waals surface area contributed by atoms with Crippen LogP contribution in [0.2, 0.25) is 0 Å². The van der Waals surface area contributed by atoms with Crippen LogP contribution in [0.1, 0.15) is 27.3 Å². The van der Waals surface area contributed by atoms with Gasteiger partial charge in [-0.15, -0.1) is 0 Å². The maximum atomic E-state index is 14.2. The molecule has 6 rings (SSSR count). The van der Waals surface area contributed by atoms with Gasteiger partial charge >= 0.3 is 0 Å². The Morgan fingerprint density at radius 3 is 2.79 bits per heavy atom. The van der Waals surface area contributed by atoms with Gasteiger partial charge in [0.15, 0.2) is 11.6 Å². The van der Waals surface area contributed by atoms with Crippen LogP contribution in [0.15, 0.2) is 72.9 Å². The Kier molecular flexibility index (Phi) is 6.50. The summed E-state index contributed by atoms with van der Waals surface area (Å²) in [6.07, 6.45) is 2.32. The number of aromatic nitrogens is 4. The lowest BCUT2D eigenvalue weighted by Gasteiger charge is -2.19. The Bertz CT molecular complexity index is 1640. The third-order valence-corrected chi connectivity index (χ3v) is 6.56. The molecule has 3 heterocycles. The number of para-hydroxylation sites is 3. The van der Waals surface area contributed by atoms with Gasteiger partial charge in [-0.25, -0.2) is 14.4 Å². The van der Waals surface area contributed by atoms with Crippen LogP contribution < -0.4 is 19.7 Å². The first kappa shape index (κ1) is 24.4. The van der Waals surface area contributed by atoms with E-state index in [0.717, 1.165) is 23.1 Å². The molecule has 0 radical (unpaired) electrons. The summed E-state index contributed by atoms with van der Waals surface area (Å²) in [6.45, 7) is 0.885. The molecule has 0 unspecified atom stereocenters. The lowest BCUT2D eigenvalue weighted by molar-refractivity contribution is 0.0944. The van der Waals surface area contributed by atoms with Gasteiger partial charge < -0.3 is 24.7 Å². The second-order valence-corrected chi connectivity index (χ2v) is 9.06. The van der Waals surface area contributed by atoms with Gasteiger partial charge in [0.1, 0.15) is 18.0 Å². The topological polar surface area (TPSA) is 105 Å². The van der Waals surface area contributed by atoms with Gasteiger partial charge in [0.2, 0.25) is 11.8 Å². The zero-order valence-corrected chi connectivity index (χ0v) is 21.1. The largest absolute Gasteiger partial charge is 0.494 e. The number of hydrogen-bond donors (Lipinski definition) is 2. The van der Waals surface area contributed by atoms with Gasteiger partial charge in [-0.3, -0.25) is 4.79 Å². The molecule has 3 aromatic carbocycles. The number of nitrogens with one attached hydrogen (secondary N) is 2. The number of imidazole rings is 1. The Labute approximate surface area is 223 Å². The molecule has 10 heteroatoms. The van der Waals surface area contributed by atoms with E-state index in [-0.39, 0.29) is 30.3 Å². The molecular weight excluding hydrogens is 499 g/mol. The molecule has 0 saturated heterocycles. The van der Waals surface area contributed by atoms with Gasteiger partial charge in [-0.1, -0.05) is 36.4 Å². The third kappa shape index (κ3) is 4.96. The van der Waals surface area contributed by atoms with Gasteiger partial charge in [-0.05, 0) is 47.9 Å². The fraction of sp³-hybridized carbons (Fsp3) is 0.172. The molecule has 1 aliphatic rings. The molecule has 2 N–H and O–H groups in total. The van der Waals surface area contributed by atoms with E-state index in [1.807, 2.05) is 47.4 Å². The quantitative estimate of drug-likeness (QED) is 0.303. The summed E-state index contributed by atoms with van der Waals surface area (Å²) in [6, 6.07) is 20.3. The van der Waals surface area contributed by atoms with E-state index in [2.05, 4.69) is 31.3 Å². The number of amides is 1. The average molecular weight is 525 g/mol. The number of halogens is 1. The molecule has 5 aromatic rings. The number of rotatable bonds is 8. The first-order valence-electron chi connectivity index (χ1n) is 12.5. The fourth-order valence-electron chi connectivity index (χ4n) is 4.60. The number of carbonyl (C=O) groups excluding carboxylic acids is 1. The normalized spacial score (nSPS) is 12.4. The molecule has 9 nitrogen and oxygen atoms in total. The van der Waals surface area contributed by atoms with E-state index < -0.39 is 11.7 Å². The molecular formula is C29H25FN6O3. The second kappa shape index (κ2) is 10.4. The minimum absolute atomic E-state index is 0.00217. The second-order valence-electron chi connectivity index (χ2n) is 9.06. The maximum Gasteiger partial charge on any atom is 0.258 e. The summed E-state index contributed by atoms with van der Waals surface area (Å²) in [5.74, 6) is 0.361. The van der Waals surface area contributed by atoms with E-state index in [0.29, 0.717) is 23.9 Å². The molecule has 2 aromatic heterocycles. The van der Waals surface area contributed by atoms with Crippen LogP contribution in [0.5, 0.6) is 11.6 Å². The number of fused-ring (bicyclic) bond motifs is 2. The molecule has 0 bridgehead atoms. The zero-order chi connectivity index (χ0) is 26.8. The lowest BCUT2D eigenvalue weighted by atomic mass is 10.2. The van der Waals surface area contributed by atoms with Crippen LogP contribution in [0, 0.1) is 5.82 Å². The van der Waals surface area contributed by atoms with Crippen molar-refractivity contribution < 1.29 is 18.7 Å². The molecule has 1 aliphatic heterocycles. The minimum atomic E-state index is -0.501. The Morgan fingerprint density at radius 2 is 1.95 bits per heavy atom. The number of aromatic amines is 1. The summed E-state index contributed by atoms with van der Waals surface area (Å²) in [4.78, 5) is 32.0. The van der Waals surface area contributed by atoms with Gasteiger partial charge in [0.05, 0.1) is 24.7 Å². The minimum Gasteiger partial charge on any atom is -0.494 e. The number of methoxy groups -OCH3 is 1. The van der Waals surface area contributed by atoms with Crippen molar-refractivity contribution in [2.24, 2.45) is 0 Å². The average Bonchev–Trinajstić information content (AvgIpc) is 3.59. The number of H-pyrrole nitrogens is 1. The standard InChI is InChI=1S/C29H25FN6O3/c1-38-25-11-10-18(14-21(25)30)17-39-28-20(27(37)31-16-26-33-22-7-3-4-8-23(22)34-26)15-32-29(35-28)36-13-12-19-6-2-5-9-24(19)36/h2-11,14-15H,12-13,16-17H2,1H3,(H,31,37)(H,33,34). The highest BCUT2D eigenvalue weighted by Gasteiger charge is 2.25. The fourth-order valence-corrected chi connectivity index (χ4v) is 4.60. The number of carbonyl (C=O) groups is 1. The highest BCUT2D eigenvalue weighted by atomic mass is 19.1. The van der Waals surface area contributed by atoms with Gasteiger partial charge in [-0.2, -0.15) is 4.98 Å². The van der Waals surface area contributed by atoms with Crippen molar-refractivity contribution >= 4 is 28.6 Å². The van der Waals surface area contributed by atoms with Crippen molar-refractivity contribution in [1.29, 1.82) is 0 Å². The van der Waals surface area contributed by atoms with E-state index in [4.69, 9.17) is 9.47 Å². The molecule has 0 spiro atoms. The molecule has 0 atom stereocenters. The first-order valence-corrected chi connectivity index (χ1v) is 12.5. The van der Waals surface area contributed by atoms with Crippen molar-refractivity contribution in [2.75, 3.05) is 18.6 Å². The molecule has 39 heavy (non-hydrogen) atoms. The summed E-state index contributed by atoms with van der Waals surface area (Å²) in [7, 11) is 1.41. The lowest BCUT2D eigenvalue weighted by Crippen LogP contribution is -2.25. The van der Waals surface area contributed by atoms with Crippen LogP contribution in [0.3, 0.4) is 0 Å². The molecule has 0 saturated carbocycles. The number of nitrogens with zero attached hydrogens (tertiary/aromatic N) is 4. The summed E-state index contributed by atoms with van der Waals surface area (Å²) in [5.41, 5.74) is 4.64. The monoisotopic (exact) mass is 524 g/mol. The van der Waals surface area contributed by atoms with Gasteiger partial charge in [0, 0.05) is 18.4 Å². The van der Waals surface area contributed by atoms with Crippen molar-refractivity contribution in [2.45, 2.75) is 19.6 Å². The summed E-state index contributed by atoms with van der Waals surface area (Å²) < 4.78 is 25.2. The van der Waals surface area contributed by atoms with Crippen molar-refractivity contribution in [1.82, 2.24) is 25.3 Å². The SMILES string of the molecule is COc1ccc(COc2nc(N3CCc4ccccc43)ncc2C(=O)NCc2nc3ccccc3[nH]2)cc1F. The van der Waals surface area contributed by atoms with Gasteiger partial charge in [0.25, 0.3) is 5.91 Å². The smallest absolute Gasteiger partial charge is 0.258 e. The van der Waals surface area contributed by atoms with Crippen LogP contribution in [0.4, 0.5) is 16.0 Å². The van der Waals surface area contributed by atoms with Crippen LogP contribution >= 0.6 is 0 Å². The van der Waals surface area contributed by atoms with Crippen LogP contribution in [-0.4, -0.2) is 39.5 Å². The number of ether oxygens (including phenoxy) is 2. The predicted molar refractivity (Wildman–Crippen MR) is 144 cm³/mol. The molecule has 1 amide bonds. The Morgan fingerprint density at radius 1 is 1.10 bits per heavy atom. The third-order valence-electron chi connectivity index (χ3n) is 6.56. The van der Waals surface area contributed by atoms with E-state index in [9.17, 15) is 9.18 Å². The molecule has 0 fully saturated rings. The van der Waals surface area contributed by atoms with Crippen LogP contribution in [-0.2, 0) is 19.6 Å². The molecule has 196 valence electrons.